The number of methoxy groups -OCH3 is 2. The molecule has 4 aromatic heterocycles. The van der Waals surface area contributed by atoms with E-state index in [9.17, 15) is 0 Å². The summed E-state index contributed by atoms with van der Waals surface area (Å²) in [6.07, 6.45) is 7.14. The van der Waals surface area contributed by atoms with Crippen molar-refractivity contribution in [2.75, 3.05) is 14.2 Å². The number of pyridine rings is 2. The second-order valence-corrected chi connectivity index (χ2v) is 9.63. The molecule has 0 N–H and O–H groups in total. The van der Waals surface area contributed by atoms with Crippen LogP contribution in [0.4, 0.5) is 0 Å². The third kappa shape index (κ3) is 7.95. The van der Waals surface area contributed by atoms with Crippen molar-refractivity contribution in [2.24, 2.45) is 0 Å². The number of rotatable bonds is 4. The Morgan fingerprint density at radius 3 is 1.42 bits per heavy atom. The zero-order chi connectivity index (χ0) is 22.6. The van der Waals surface area contributed by atoms with Crippen molar-refractivity contribution in [1.82, 2.24) is 29.5 Å². The van der Waals surface area contributed by atoms with E-state index in [0.717, 1.165) is 34.5 Å². The van der Waals surface area contributed by atoms with E-state index in [0.29, 0.717) is 0 Å². The van der Waals surface area contributed by atoms with E-state index in [1.807, 2.05) is 50.5 Å². The van der Waals surface area contributed by atoms with Crippen LogP contribution in [-0.4, -0.2) is 43.7 Å². The number of hydrogen-bond donors (Lipinski definition) is 0. The summed E-state index contributed by atoms with van der Waals surface area (Å²) < 4.78 is 13.6. The van der Waals surface area contributed by atoms with Crippen molar-refractivity contribution >= 4 is 19.3 Å². The van der Waals surface area contributed by atoms with E-state index in [1.165, 1.54) is 0 Å². The van der Waals surface area contributed by atoms with Crippen LogP contribution in [0, 0.1) is 13.8 Å². The first kappa shape index (κ1) is 24.8. The molecule has 0 radical (unpaired) electrons. The molecule has 0 aromatic carbocycles. The van der Waals surface area contributed by atoms with Crippen LogP contribution in [0.25, 0.3) is 11.6 Å². The summed E-state index contributed by atoms with van der Waals surface area (Å²) >= 11 is -0.639. The van der Waals surface area contributed by atoms with Gasteiger partial charge in [-0.3, -0.25) is 0 Å². The van der Waals surface area contributed by atoms with Crippen molar-refractivity contribution in [3.63, 3.8) is 0 Å². The van der Waals surface area contributed by atoms with Gasteiger partial charge in [-0.05, 0) is 38.1 Å². The molecular formula is C20H22Cl2N6O2Os. The fraction of sp³-hybridized carbons (Fsp3) is 0.200. The fourth-order valence-corrected chi connectivity index (χ4v) is 2.39. The summed E-state index contributed by atoms with van der Waals surface area (Å²) in [6, 6.07) is 11.2. The first-order chi connectivity index (χ1) is 15.0. The molecule has 11 heteroatoms. The molecule has 0 aliphatic rings. The summed E-state index contributed by atoms with van der Waals surface area (Å²) in [7, 11) is 13.1. The molecule has 4 heterocycles. The van der Waals surface area contributed by atoms with E-state index >= 15 is 0 Å². The Kier molecular flexibility index (Phi) is 10.4. The summed E-state index contributed by atoms with van der Waals surface area (Å²) in [4.78, 5) is 8.38. The number of aryl methyl sites for hydroxylation is 2. The van der Waals surface area contributed by atoms with Crippen LogP contribution in [-0.2, 0) is 15.4 Å². The van der Waals surface area contributed by atoms with E-state index in [1.54, 1.807) is 48.1 Å². The Morgan fingerprint density at radius 2 is 1.13 bits per heavy atom. The number of halogens is 2. The molecule has 0 aliphatic carbocycles. The van der Waals surface area contributed by atoms with E-state index in [4.69, 9.17) is 28.7 Å². The van der Waals surface area contributed by atoms with Gasteiger partial charge in [-0.2, -0.15) is 10.2 Å². The molecule has 31 heavy (non-hydrogen) atoms. The van der Waals surface area contributed by atoms with Crippen molar-refractivity contribution in [3.05, 3.63) is 72.6 Å². The van der Waals surface area contributed by atoms with E-state index in [-0.39, 0.29) is 0 Å². The predicted molar refractivity (Wildman–Crippen MR) is 117 cm³/mol. The van der Waals surface area contributed by atoms with Gasteiger partial charge in [0.2, 0.25) is 0 Å². The van der Waals surface area contributed by atoms with Crippen molar-refractivity contribution in [2.45, 2.75) is 13.8 Å². The molecule has 0 unspecified atom stereocenters. The molecule has 0 amide bonds. The molecular weight excluding hydrogens is 617 g/mol. The second kappa shape index (κ2) is 13.1. The Balaban J connectivity index is 0.000000196. The molecule has 4 aromatic rings. The van der Waals surface area contributed by atoms with Gasteiger partial charge in [0, 0.05) is 36.9 Å². The van der Waals surface area contributed by atoms with Gasteiger partial charge in [0.05, 0.1) is 25.6 Å². The van der Waals surface area contributed by atoms with E-state index < -0.39 is 15.4 Å². The van der Waals surface area contributed by atoms with Crippen LogP contribution in [0.15, 0.2) is 61.2 Å². The maximum atomic E-state index is 5.10. The molecule has 0 fully saturated rings. The Hall–Kier alpha value is -2.46. The first-order valence-electron chi connectivity index (χ1n) is 8.91. The predicted octanol–water partition coefficient (Wildman–Crippen LogP) is 4.55. The Morgan fingerprint density at radius 1 is 0.742 bits per heavy atom. The van der Waals surface area contributed by atoms with Crippen molar-refractivity contribution in [1.29, 1.82) is 0 Å². The maximum absolute atomic E-state index is 5.10. The summed E-state index contributed by atoms with van der Waals surface area (Å²) in [6.45, 7) is 3.88. The molecule has 8 nitrogen and oxygen atoms in total. The summed E-state index contributed by atoms with van der Waals surface area (Å²) in [5.41, 5.74) is 1.93. The van der Waals surface area contributed by atoms with Gasteiger partial charge in [-0.25, -0.2) is 19.3 Å². The van der Waals surface area contributed by atoms with Gasteiger partial charge >= 0.3 is 34.7 Å². The second-order valence-electron chi connectivity index (χ2n) is 5.96. The van der Waals surface area contributed by atoms with Gasteiger partial charge < -0.3 is 9.47 Å². The van der Waals surface area contributed by atoms with Crippen LogP contribution in [0.1, 0.15) is 11.4 Å². The summed E-state index contributed by atoms with van der Waals surface area (Å²) in [5, 5.41) is 8.51. The molecule has 0 bridgehead atoms. The third-order valence-corrected chi connectivity index (χ3v) is 3.82. The molecule has 0 atom stereocenters. The van der Waals surface area contributed by atoms with Gasteiger partial charge in [0.25, 0.3) is 0 Å². The van der Waals surface area contributed by atoms with Crippen LogP contribution >= 0.6 is 19.3 Å². The minimum absolute atomic E-state index is 0.639. The summed E-state index contributed by atoms with van der Waals surface area (Å²) in [5.74, 6) is 3.08. The van der Waals surface area contributed by atoms with Crippen LogP contribution < -0.4 is 9.47 Å². The Labute approximate surface area is 197 Å². The van der Waals surface area contributed by atoms with Crippen LogP contribution in [0.5, 0.6) is 11.5 Å². The number of ether oxygens (including phenoxy) is 2. The fourth-order valence-electron chi connectivity index (χ4n) is 2.39. The number of aromatic nitrogens is 6. The van der Waals surface area contributed by atoms with Gasteiger partial charge in [0.15, 0.2) is 11.6 Å². The third-order valence-electron chi connectivity index (χ3n) is 3.82. The standard InChI is InChI=1S/2C10H11N3O.2ClH.Os/c2*1-8-4-6-13(12-8)10-7-9(14-2)3-5-11-10;;;/h2*3-7H,1-2H3;2*1H;/q;;;;+2/p-2. The zero-order valence-corrected chi connectivity index (χ0v) is 21.4. The van der Waals surface area contributed by atoms with Crippen molar-refractivity contribution < 1.29 is 24.9 Å². The van der Waals surface area contributed by atoms with E-state index in [2.05, 4.69) is 20.2 Å². The topological polar surface area (TPSA) is 79.9 Å². The van der Waals surface area contributed by atoms with Crippen molar-refractivity contribution in [3.8, 4) is 23.1 Å². The number of nitrogens with zero attached hydrogens (tertiary/aromatic N) is 6. The SMILES string of the molecule is COc1ccnc(-n2ccc(C)n2)c1.COc1ccnc(-n2ccc(C)n2)c1.[Cl][Os][Cl]. The van der Waals surface area contributed by atoms with Crippen LogP contribution in [0.3, 0.4) is 0 Å². The molecule has 0 saturated heterocycles. The monoisotopic (exact) mass is 640 g/mol. The molecule has 4 rings (SSSR count). The average Bonchev–Trinajstić information content (AvgIpc) is 3.43. The Bertz CT molecular complexity index is 989. The zero-order valence-electron chi connectivity index (χ0n) is 17.4. The minimum atomic E-state index is -0.639. The van der Waals surface area contributed by atoms with Gasteiger partial charge in [0.1, 0.15) is 11.5 Å². The molecule has 0 saturated carbocycles. The first-order valence-corrected chi connectivity index (χ1v) is 15.2. The normalized spacial score (nSPS) is 9.87. The molecule has 166 valence electrons. The van der Waals surface area contributed by atoms with Gasteiger partial charge in [-0.1, -0.05) is 0 Å². The average molecular weight is 640 g/mol. The van der Waals surface area contributed by atoms with Crippen LogP contribution in [0.2, 0.25) is 0 Å². The number of hydrogen-bond acceptors (Lipinski definition) is 6. The molecule has 0 spiro atoms. The molecule has 0 aliphatic heterocycles. The van der Waals surface area contributed by atoms with Gasteiger partial charge in [-0.15, -0.1) is 0 Å². The quantitative estimate of drug-likeness (QED) is 0.326.